The van der Waals surface area contributed by atoms with Crippen molar-refractivity contribution in [1.29, 1.82) is 0 Å². The topological polar surface area (TPSA) is 56.5 Å². The van der Waals surface area contributed by atoms with Crippen molar-refractivity contribution in [2.45, 2.75) is 31.5 Å². The molecule has 1 aromatic heterocycles. The van der Waals surface area contributed by atoms with Crippen molar-refractivity contribution < 1.29 is 13.9 Å². The Labute approximate surface area is 141 Å². The number of unbranched alkanes of at least 4 members (excludes halogenated alkanes) is 2. The van der Waals surface area contributed by atoms with Gasteiger partial charge in [0, 0.05) is 0 Å². The van der Waals surface area contributed by atoms with E-state index in [0.717, 1.165) is 34.4 Å². The Morgan fingerprint density at radius 3 is 2.83 bits per heavy atom. The van der Waals surface area contributed by atoms with Crippen LogP contribution < -0.4 is 10.1 Å². The molecule has 0 amide bonds. The molecule has 2 aromatic rings. The third kappa shape index (κ3) is 5.38. The van der Waals surface area contributed by atoms with E-state index in [1.807, 2.05) is 24.3 Å². The molecule has 5 heteroatoms. The van der Waals surface area contributed by atoms with Crippen LogP contribution >= 0.6 is 0 Å². The summed E-state index contributed by atoms with van der Waals surface area (Å²) in [4.78, 5) is 22.8. The van der Waals surface area contributed by atoms with Gasteiger partial charge in [0.25, 0.3) is 0 Å². The van der Waals surface area contributed by atoms with Gasteiger partial charge in [-0.2, -0.15) is 0 Å². The molecule has 0 aliphatic carbocycles. The molecule has 0 N–H and O–H groups in total. The molecule has 0 bridgehead atoms. The zero-order valence-corrected chi connectivity index (χ0v) is 14.9. The van der Waals surface area contributed by atoms with Crippen LogP contribution in [0.1, 0.15) is 26.2 Å². The zero-order chi connectivity index (χ0) is 16.7. The standard InChI is InChI=1S/C18H20O4Se/c1-13(2)18(20)21-10-6-3-7-11-23-16-12-17(19)22-15-9-5-4-8-14(15)16/h4-5,8-9,12H,1,3,6-7,10-11H2,2H3. The molecule has 0 aliphatic heterocycles. The van der Waals surface area contributed by atoms with E-state index in [9.17, 15) is 9.59 Å². The Hall–Kier alpha value is -1.84. The fourth-order valence-corrected chi connectivity index (χ4v) is 4.30. The van der Waals surface area contributed by atoms with E-state index in [1.165, 1.54) is 0 Å². The van der Waals surface area contributed by atoms with Crippen molar-refractivity contribution in [2.24, 2.45) is 0 Å². The molecule has 0 saturated heterocycles. The summed E-state index contributed by atoms with van der Waals surface area (Å²) in [5.41, 5.74) is 0.805. The Morgan fingerprint density at radius 2 is 2.04 bits per heavy atom. The number of carbonyl (C=O) groups is 1. The number of fused-ring (bicyclic) bond motifs is 1. The van der Waals surface area contributed by atoms with Gasteiger partial charge in [-0.3, -0.25) is 0 Å². The molecule has 0 unspecified atom stereocenters. The first kappa shape index (κ1) is 17.5. The normalized spacial score (nSPS) is 10.7. The summed E-state index contributed by atoms with van der Waals surface area (Å²) in [5, 5.41) is 2.08. The third-order valence-electron chi connectivity index (χ3n) is 3.24. The second kappa shape index (κ2) is 8.70. The van der Waals surface area contributed by atoms with Gasteiger partial charge in [0.2, 0.25) is 0 Å². The van der Waals surface area contributed by atoms with Crippen molar-refractivity contribution in [2.75, 3.05) is 6.61 Å². The molecule has 0 saturated carbocycles. The van der Waals surface area contributed by atoms with Crippen molar-refractivity contribution >= 4 is 36.4 Å². The molecule has 1 aromatic carbocycles. The van der Waals surface area contributed by atoms with E-state index >= 15 is 0 Å². The monoisotopic (exact) mass is 380 g/mol. The molecule has 23 heavy (non-hydrogen) atoms. The van der Waals surface area contributed by atoms with Gasteiger partial charge in [0.15, 0.2) is 0 Å². The number of benzene rings is 1. The first-order chi connectivity index (χ1) is 11.1. The second-order valence-corrected chi connectivity index (χ2v) is 7.64. The average Bonchev–Trinajstić information content (AvgIpc) is 2.53. The maximum atomic E-state index is 11.6. The first-order valence-electron chi connectivity index (χ1n) is 7.56. The summed E-state index contributed by atoms with van der Waals surface area (Å²) in [6.07, 6.45) is 2.91. The van der Waals surface area contributed by atoms with Gasteiger partial charge in [-0.05, 0) is 0 Å². The van der Waals surface area contributed by atoms with E-state index < -0.39 is 0 Å². The summed E-state index contributed by atoms with van der Waals surface area (Å²) in [6, 6.07) is 9.25. The van der Waals surface area contributed by atoms with Gasteiger partial charge >= 0.3 is 141 Å². The van der Waals surface area contributed by atoms with Crippen LogP contribution in [0.3, 0.4) is 0 Å². The summed E-state index contributed by atoms with van der Waals surface area (Å²) in [5.74, 6) is -0.323. The summed E-state index contributed by atoms with van der Waals surface area (Å²) < 4.78 is 11.4. The predicted octanol–water partition coefficient (Wildman–Crippen LogP) is 2.83. The van der Waals surface area contributed by atoms with Crippen molar-refractivity contribution in [1.82, 2.24) is 0 Å². The van der Waals surface area contributed by atoms with E-state index in [-0.39, 0.29) is 26.6 Å². The zero-order valence-electron chi connectivity index (χ0n) is 13.2. The first-order valence-corrected chi connectivity index (χ1v) is 9.63. The Kier molecular flexibility index (Phi) is 6.63. The van der Waals surface area contributed by atoms with Crippen LogP contribution in [0.5, 0.6) is 0 Å². The van der Waals surface area contributed by atoms with E-state index in [4.69, 9.17) is 9.15 Å². The Bertz CT molecular complexity index is 748. The molecule has 122 valence electrons. The van der Waals surface area contributed by atoms with Gasteiger partial charge in [0.05, 0.1) is 0 Å². The number of para-hydroxylation sites is 1. The number of hydrogen-bond acceptors (Lipinski definition) is 4. The summed E-state index contributed by atoms with van der Waals surface area (Å²) in [7, 11) is 0. The van der Waals surface area contributed by atoms with Crippen molar-refractivity contribution in [3.05, 3.63) is 52.9 Å². The number of hydrogen-bond donors (Lipinski definition) is 0. The fourth-order valence-electron chi connectivity index (χ4n) is 2.05. The molecular weight excluding hydrogens is 359 g/mol. The minimum absolute atomic E-state index is 0.240. The van der Waals surface area contributed by atoms with Crippen LogP contribution in [0.4, 0.5) is 0 Å². The van der Waals surface area contributed by atoms with E-state index in [0.29, 0.717) is 17.8 Å². The number of ether oxygens (including phenoxy) is 1. The summed E-state index contributed by atoms with van der Waals surface area (Å²) >= 11 is 0.240. The van der Waals surface area contributed by atoms with Gasteiger partial charge in [0.1, 0.15) is 0 Å². The molecular formula is C18H20O4Se. The van der Waals surface area contributed by atoms with Gasteiger partial charge in [-0.25, -0.2) is 0 Å². The van der Waals surface area contributed by atoms with Crippen LogP contribution in [-0.2, 0) is 9.53 Å². The number of esters is 1. The van der Waals surface area contributed by atoms with E-state index in [2.05, 4.69) is 6.58 Å². The number of carbonyl (C=O) groups excluding carboxylic acids is 1. The van der Waals surface area contributed by atoms with Crippen LogP contribution in [0.25, 0.3) is 11.0 Å². The molecule has 0 radical (unpaired) electrons. The van der Waals surface area contributed by atoms with E-state index in [1.54, 1.807) is 13.0 Å². The van der Waals surface area contributed by atoms with Crippen molar-refractivity contribution in [3.63, 3.8) is 0 Å². The van der Waals surface area contributed by atoms with Crippen LogP contribution in [0.2, 0.25) is 5.32 Å². The van der Waals surface area contributed by atoms with Gasteiger partial charge < -0.3 is 0 Å². The minimum atomic E-state index is -0.323. The molecule has 2 rings (SSSR count). The Morgan fingerprint density at radius 1 is 1.26 bits per heavy atom. The second-order valence-electron chi connectivity index (χ2n) is 5.25. The quantitative estimate of drug-likeness (QED) is 0.233. The maximum absolute atomic E-state index is 11.6. The number of rotatable bonds is 8. The van der Waals surface area contributed by atoms with Gasteiger partial charge in [-0.1, -0.05) is 0 Å². The van der Waals surface area contributed by atoms with Crippen LogP contribution in [0, 0.1) is 0 Å². The third-order valence-corrected chi connectivity index (χ3v) is 5.63. The molecule has 0 atom stereocenters. The molecule has 1 heterocycles. The molecule has 4 nitrogen and oxygen atoms in total. The Balaban J connectivity index is 1.76. The molecule has 0 aliphatic rings. The summed E-state index contributed by atoms with van der Waals surface area (Å²) in [6.45, 7) is 5.63. The van der Waals surface area contributed by atoms with Crippen LogP contribution in [-0.4, -0.2) is 27.5 Å². The fraction of sp³-hybridized carbons (Fsp3) is 0.333. The average molecular weight is 379 g/mol. The predicted molar refractivity (Wildman–Crippen MR) is 92.3 cm³/mol. The SMILES string of the molecule is C=C(C)C(=O)OCCCCC[Se]c1cc(=O)oc2ccccc12. The molecule has 0 spiro atoms. The van der Waals surface area contributed by atoms with Crippen LogP contribution in [0.15, 0.2) is 51.7 Å². The van der Waals surface area contributed by atoms with Gasteiger partial charge in [-0.15, -0.1) is 0 Å². The van der Waals surface area contributed by atoms with Crippen molar-refractivity contribution in [3.8, 4) is 0 Å². The molecule has 0 fully saturated rings.